The molecule has 0 fully saturated rings. The lowest BCUT2D eigenvalue weighted by molar-refractivity contribution is 1.41. The molecule has 0 saturated heterocycles. The van der Waals surface area contributed by atoms with Gasteiger partial charge in [0.15, 0.2) is 0 Å². The molecule has 1 nitrogen and oxygen atoms in total. The van der Waals surface area contributed by atoms with E-state index in [1.165, 1.54) is 6.08 Å². The first-order valence-corrected chi connectivity index (χ1v) is 5.40. The molecule has 0 atom stereocenters. The van der Waals surface area contributed by atoms with Crippen LogP contribution in [0, 0.1) is 5.41 Å². The molecular weight excluding hydrogens is 194 g/mol. The first-order chi connectivity index (χ1) is 7.51. The molecule has 0 saturated carbocycles. The van der Waals surface area contributed by atoms with Gasteiger partial charge in [-0.2, -0.15) is 0 Å². The number of nitrogens with one attached hydrogen (secondary N) is 1. The van der Waals surface area contributed by atoms with Crippen LogP contribution in [0.25, 0.3) is 0 Å². The highest BCUT2D eigenvalue weighted by atomic mass is 14.4. The second kappa shape index (κ2) is 9.91. The van der Waals surface area contributed by atoms with E-state index < -0.39 is 0 Å². The SMILES string of the molecule is C=CC(=N)/C=C(/C=C(/C)C=C)C(=C)C.CC. The Balaban J connectivity index is 0. The Morgan fingerprint density at radius 1 is 1.00 bits per heavy atom. The van der Waals surface area contributed by atoms with Gasteiger partial charge >= 0.3 is 0 Å². The fourth-order valence-electron chi connectivity index (χ4n) is 0.819. The molecule has 0 aromatic rings. The van der Waals surface area contributed by atoms with E-state index in [-0.39, 0.29) is 0 Å². The van der Waals surface area contributed by atoms with Crippen molar-refractivity contribution >= 4 is 5.71 Å². The molecule has 0 heterocycles. The third-order valence-electron chi connectivity index (χ3n) is 1.73. The maximum atomic E-state index is 7.47. The van der Waals surface area contributed by atoms with Crippen molar-refractivity contribution in [3.8, 4) is 0 Å². The van der Waals surface area contributed by atoms with Crippen molar-refractivity contribution in [1.29, 1.82) is 5.41 Å². The maximum Gasteiger partial charge on any atom is 0.0540 e. The van der Waals surface area contributed by atoms with E-state index in [1.807, 2.05) is 33.8 Å². The number of allylic oxidation sites excluding steroid dienone is 7. The van der Waals surface area contributed by atoms with Crippen LogP contribution in [0.2, 0.25) is 0 Å². The van der Waals surface area contributed by atoms with Gasteiger partial charge in [0.25, 0.3) is 0 Å². The average molecular weight is 217 g/mol. The van der Waals surface area contributed by atoms with Crippen LogP contribution in [0.3, 0.4) is 0 Å². The van der Waals surface area contributed by atoms with Crippen LogP contribution in [0.15, 0.2) is 60.8 Å². The second-order valence-electron chi connectivity index (χ2n) is 3.13. The van der Waals surface area contributed by atoms with E-state index in [0.717, 1.165) is 16.7 Å². The predicted octanol–water partition coefficient (Wildman–Crippen LogP) is 4.85. The summed E-state index contributed by atoms with van der Waals surface area (Å²) in [4.78, 5) is 0. The van der Waals surface area contributed by atoms with E-state index in [4.69, 9.17) is 5.41 Å². The lowest BCUT2D eigenvalue weighted by Gasteiger charge is -2.01. The van der Waals surface area contributed by atoms with Crippen LogP contribution in [-0.4, -0.2) is 5.71 Å². The number of hydrogen-bond donors (Lipinski definition) is 1. The minimum Gasteiger partial charge on any atom is -0.301 e. The van der Waals surface area contributed by atoms with Crippen LogP contribution in [0.5, 0.6) is 0 Å². The van der Waals surface area contributed by atoms with Gasteiger partial charge in [-0.1, -0.05) is 56.9 Å². The average Bonchev–Trinajstić information content (AvgIpc) is 2.30. The van der Waals surface area contributed by atoms with Gasteiger partial charge in [-0.05, 0) is 31.6 Å². The summed E-state index contributed by atoms with van der Waals surface area (Å²) in [7, 11) is 0. The number of hydrogen-bond acceptors (Lipinski definition) is 1. The Bertz CT molecular complexity index is 327. The van der Waals surface area contributed by atoms with Crippen LogP contribution in [-0.2, 0) is 0 Å². The molecule has 88 valence electrons. The summed E-state index contributed by atoms with van der Waals surface area (Å²) < 4.78 is 0. The lowest BCUT2D eigenvalue weighted by Crippen LogP contribution is -1.89. The molecule has 16 heavy (non-hydrogen) atoms. The first kappa shape index (κ1) is 16.8. The first-order valence-electron chi connectivity index (χ1n) is 5.40. The van der Waals surface area contributed by atoms with Gasteiger partial charge in [-0.15, -0.1) is 0 Å². The number of rotatable bonds is 5. The smallest absolute Gasteiger partial charge is 0.0540 e. The fraction of sp³-hybridized carbons (Fsp3) is 0.267. The highest BCUT2D eigenvalue weighted by molar-refractivity contribution is 6.02. The van der Waals surface area contributed by atoms with Gasteiger partial charge in [-0.25, -0.2) is 0 Å². The second-order valence-corrected chi connectivity index (χ2v) is 3.13. The van der Waals surface area contributed by atoms with Gasteiger partial charge in [0.2, 0.25) is 0 Å². The third kappa shape index (κ3) is 7.74. The van der Waals surface area contributed by atoms with Crippen molar-refractivity contribution in [2.45, 2.75) is 27.7 Å². The summed E-state index contributed by atoms with van der Waals surface area (Å²) in [5.74, 6) is 0. The van der Waals surface area contributed by atoms with E-state index in [9.17, 15) is 0 Å². The predicted molar refractivity (Wildman–Crippen MR) is 76.1 cm³/mol. The Hall–Kier alpha value is -1.63. The van der Waals surface area contributed by atoms with Crippen molar-refractivity contribution in [2.24, 2.45) is 0 Å². The standard InChI is InChI=1S/C13H17N.C2H6/c1-6-11(5)8-12(10(3)4)9-13(14)7-2;1-2/h6-9,14H,1-3H2,4-5H3;1-2H3/b11-8-,12-9-,14-13?;. The quantitative estimate of drug-likeness (QED) is 0.502. The summed E-state index contributed by atoms with van der Waals surface area (Å²) >= 11 is 0. The highest BCUT2D eigenvalue weighted by Crippen LogP contribution is 2.12. The van der Waals surface area contributed by atoms with Crippen molar-refractivity contribution in [3.63, 3.8) is 0 Å². The largest absolute Gasteiger partial charge is 0.301 e. The molecule has 0 rings (SSSR count). The minimum atomic E-state index is 0.385. The molecule has 0 aliphatic rings. The molecule has 1 N–H and O–H groups in total. The van der Waals surface area contributed by atoms with Gasteiger partial charge in [0.05, 0.1) is 5.71 Å². The minimum absolute atomic E-state index is 0.385. The molecule has 0 amide bonds. The Morgan fingerprint density at radius 3 is 1.81 bits per heavy atom. The van der Waals surface area contributed by atoms with Crippen molar-refractivity contribution < 1.29 is 0 Å². The van der Waals surface area contributed by atoms with E-state index >= 15 is 0 Å². The molecule has 0 unspecified atom stereocenters. The zero-order valence-corrected chi connectivity index (χ0v) is 10.9. The van der Waals surface area contributed by atoms with Gasteiger partial charge in [0, 0.05) is 0 Å². The van der Waals surface area contributed by atoms with E-state index in [1.54, 1.807) is 12.2 Å². The lowest BCUT2D eigenvalue weighted by atomic mass is 10.0. The molecule has 0 spiro atoms. The summed E-state index contributed by atoms with van der Waals surface area (Å²) in [6.07, 6.45) is 6.96. The molecule has 0 aromatic carbocycles. The van der Waals surface area contributed by atoms with Gasteiger partial charge in [0.1, 0.15) is 0 Å². The molecule has 1 heteroatoms. The van der Waals surface area contributed by atoms with Crippen LogP contribution >= 0.6 is 0 Å². The summed E-state index contributed by atoms with van der Waals surface area (Å²) in [6.45, 7) is 18.9. The fourth-order valence-corrected chi connectivity index (χ4v) is 0.819. The van der Waals surface area contributed by atoms with Gasteiger partial charge < -0.3 is 5.41 Å². The summed E-state index contributed by atoms with van der Waals surface area (Å²) in [6, 6.07) is 0. The zero-order chi connectivity index (χ0) is 13.1. The summed E-state index contributed by atoms with van der Waals surface area (Å²) in [5.41, 5.74) is 3.30. The topological polar surface area (TPSA) is 23.9 Å². The van der Waals surface area contributed by atoms with Crippen molar-refractivity contribution in [1.82, 2.24) is 0 Å². The van der Waals surface area contributed by atoms with Crippen molar-refractivity contribution in [2.75, 3.05) is 0 Å². The molecule has 0 aliphatic heterocycles. The van der Waals surface area contributed by atoms with E-state index in [2.05, 4.69) is 19.7 Å². The van der Waals surface area contributed by atoms with Crippen LogP contribution in [0.1, 0.15) is 27.7 Å². The third-order valence-corrected chi connectivity index (χ3v) is 1.73. The Labute approximate surface area is 100 Å². The summed E-state index contributed by atoms with van der Waals surface area (Å²) in [5, 5.41) is 7.47. The normalized spacial score (nSPS) is 11.0. The zero-order valence-electron chi connectivity index (χ0n) is 10.9. The van der Waals surface area contributed by atoms with Crippen LogP contribution in [0.4, 0.5) is 0 Å². The van der Waals surface area contributed by atoms with Crippen molar-refractivity contribution in [3.05, 3.63) is 60.8 Å². The molecule has 0 aliphatic carbocycles. The molecular formula is C15H23N. The van der Waals surface area contributed by atoms with Crippen LogP contribution < -0.4 is 0 Å². The van der Waals surface area contributed by atoms with E-state index in [0.29, 0.717) is 5.71 Å². The molecule has 0 radical (unpaired) electrons. The maximum absolute atomic E-state index is 7.47. The van der Waals surface area contributed by atoms with Gasteiger partial charge in [-0.3, -0.25) is 0 Å². The highest BCUT2D eigenvalue weighted by Gasteiger charge is 1.95. The molecule has 0 bridgehead atoms. The monoisotopic (exact) mass is 217 g/mol. The Morgan fingerprint density at radius 2 is 1.50 bits per heavy atom. The molecule has 0 aromatic heterocycles. The Kier molecular flexibility index (Phi) is 10.4.